The first-order valence-electron chi connectivity index (χ1n) is 2.24. The van der Waals surface area contributed by atoms with Gasteiger partial charge in [0.1, 0.15) is 0 Å². The molecule has 0 fully saturated rings. The minimum Gasteiger partial charge on any atom is -0.326 e. The van der Waals surface area contributed by atoms with E-state index in [1.807, 2.05) is 0 Å². The molecule has 0 amide bonds. The summed E-state index contributed by atoms with van der Waals surface area (Å²) in [4.78, 5) is 2.39. The van der Waals surface area contributed by atoms with Crippen LogP contribution in [-0.4, -0.2) is 4.98 Å². The summed E-state index contributed by atoms with van der Waals surface area (Å²) in [5.41, 5.74) is 0. The molecule has 0 aliphatic carbocycles. The zero-order chi connectivity index (χ0) is 6.85. The van der Waals surface area contributed by atoms with Crippen LogP contribution in [0.25, 0.3) is 0 Å². The Morgan fingerprint density at radius 1 is 1.56 bits per heavy atom. The summed E-state index contributed by atoms with van der Waals surface area (Å²) in [5.74, 6) is -0.422. The summed E-state index contributed by atoms with van der Waals surface area (Å²) in [7, 11) is 0. The largest absolute Gasteiger partial charge is 0.326 e. The van der Waals surface area contributed by atoms with Crippen molar-refractivity contribution in [3.05, 3.63) is 27.2 Å². The monoisotopic (exact) mass is 207 g/mol. The molecule has 1 nitrogen and oxygen atoms in total. The summed E-state index contributed by atoms with van der Waals surface area (Å²) < 4.78 is 13.3. The lowest BCUT2D eigenvalue weighted by Crippen LogP contribution is -1.80. The van der Waals surface area contributed by atoms with E-state index in [1.54, 1.807) is 6.07 Å². The van der Waals surface area contributed by atoms with Gasteiger partial charge in [-0.05, 0) is 22.0 Å². The fourth-order valence-corrected chi connectivity index (χ4v) is 1.29. The molecule has 48 valence electrons. The smallest absolute Gasteiger partial charge is 0.193 e. The van der Waals surface area contributed by atoms with Crippen LogP contribution in [0.4, 0.5) is 4.39 Å². The van der Waals surface area contributed by atoms with Gasteiger partial charge in [0, 0.05) is 10.6 Å². The van der Waals surface area contributed by atoms with E-state index in [9.17, 15) is 4.39 Å². The van der Waals surface area contributed by atoms with E-state index in [-0.39, 0.29) is 0 Å². The number of rotatable bonds is 0. The van der Waals surface area contributed by atoms with Crippen molar-refractivity contribution in [1.29, 1.82) is 0 Å². The summed E-state index contributed by atoms with van der Waals surface area (Å²) in [6.07, 6.45) is 0. The van der Waals surface area contributed by atoms with Crippen molar-refractivity contribution in [2.75, 3.05) is 0 Å². The molecule has 0 bridgehead atoms. The first-order chi connectivity index (χ1) is 4.18. The van der Waals surface area contributed by atoms with Crippen LogP contribution >= 0.6 is 28.1 Å². The molecule has 0 atom stereocenters. The number of H-pyrrole nitrogens is 1. The molecule has 0 aromatic carbocycles. The number of pyridine rings is 1. The first kappa shape index (κ1) is 6.89. The highest BCUT2D eigenvalue weighted by Gasteiger charge is 1.89. The summed E-state index contributed by atoms with van der Waals surface area (Å²) >= 11 is 7.75. The van der Waals surface area contributed by atoms with Gasteiger partial charge in [0.05, 0.1) is 4.60 Å². The highest BCUT2D eigenvalue weighted by atomic mass is 79.9. The summed E-state index contributed by atoms with van der Waals surface area (Å²) in [5, 5.41) is 0. The van der Waals surface area contributed by atoms with Gasteiger partial charge >= 0.3 is 0 Å². The van der Waals surface area contributed by atoms with E-state index in [0.717, 1.165) is 0 Å². The fraction of sp³-hybridized carbons (Fsp3) is 0. The Morgan fingerprint density at radius 2 is 2.22 bits per heavy atom. The van der Waals surface area contributed by atoms with Crippen LogP contribution in [0.15, 0.2) is 16.7 Å². The molecule has 1 aromatic heterocycles. The average Bonchev–Trinajstić information content (AvgIpc) is 1.59. The van der Waals surface area contributed by atoms with E-state index in [0.29, 0.717) is 9.11 Å². The third-order valence-electron chi connectivity index (χ3n) is 0.777. The van der Waals surface area contributed by atoms with Gasteiger partial charge in [0.25, 0.3) is 0 Å². The fourth-order valence-electron chi connectivity index (χ4n) is 0.478. The molecule has 1 rings (SSSR count). The van der Waals surface area contributed by atoms with E-state index < -0.39 is 5.95 Å². The van der Waals surface area contributed by atoms with Crippen LogP contribution in [0.3, 0.4) is 0 Å². The van der Waals surface area contributed by atoms with Gasteiger partial charge in [-0.25, -0.2) is 0 Å². The van der Waals surface area contributed by atoms with Crippen LogP contribution in [0.2, 0.25) is 0 Å². The Hall–Kier alpha value is -0.220. The Bertz CT molecular complexity index is 247. The molecule has 1 heterocycles. The molecule has 0 aliphatic rings. The Labute approximate surface area is 65.0 Å². The average molecular weight is 208 g/mol. The van der Waals surface area contributed by atoms with Gasteiger partial charge in [-0.15, -0.1) is 0 Å². The maximum atomic E-state index is 12.3. The second-order valence-electron chi connectivity index (χ2n) is 1.51. The maximum Gasteiger partial charge on any atom is 0.193 e. The highest BCUT2D eigenvalue weighted by Crippen LogP contribution is 2.06. The Morgan fingerprint density at radius 3 is 2.67 bits per heavy atom. The predicted octanol–water partition coefficient (Wildman–Crippen LogP) is 2.65. The summed E-state index contributed by atoms with van der Waals surface area (Å²) in [6, 6.07) is 2.87. The van der Waals surface area contributed by atoms with Gasteiger partial charge in [0.15, 0.2) is 5.95 Å². The third-order valence-corrected chi connectivity index (χ3v) is 1.44. The lowest BCUT2D eigenvalue weighted by molar-refractivity contribution is 0.580. The first-order valence-corrected chi connectivity index (χ1v) is 3.44. The van der Waals surface area contributed by atoms with Crippen molar-refractivity contribution in [2.24, 2.45) is 0 Å². The van der Waals surface area contributed by atoms with Crippen molar-refractivity contribution < 1.29 is 4.39 Å². The number of halogens is 2. The number of aromatic amines is 1. The van der Waals surface area contributed by atoms with E-state index in [1.165, 1.54) is 6.07 Å². The van der Waals surface area contributed by atoms with Gasteiger partial charge in [-0.2, -0.15) is 4.39 Å². The summed E-state index contributed by atoms with van der Waals surface area (Å²) in [6.45, 7) is 0. The van der Waals surface area contributed by atoms with Crippen molar-refractivity contribution in [3.63, 3.8) is 0 Å². The Kier molecular flexibility index (Phi) is 1.97. The Balaban J connectivity index is 3.33. The van der Waals surface area contributed by atoms with Gasteiger partial charge in [0.2, 0.25) is 0 Å². The maximum absolute atomic E-state index is 12.3. The van der Waals surface area contributed by atoms with Gasteiger partial charge in [-0.3, -0.25) is 0 Å². The molecule has 0 spiro atoms. The van der Waals surface area contributed by atoms with Crippen molar-refractivity contribution in [2.45, 2.75) is 0 Å². The van der Waals surface area contributed by atoms with E-state index in [4.69, 9.17) is 12.2 Å². The molecule has 4 heteroatoms. The normalized spacial score (nSPS) is 9.56. The molecule has 0 radical (unpaired) electrons. The number of hydrogen-bond donors (Lipinski definition) is 1. The number of hydrogen-bond acceptors (Lipinski definition) is 1. The zero-order valence-corrected chi connectivity index (χ0v) is 6.72. The number of aromatic nitrogens is 1. The quantitative estimate of drug-likeness (QED) is 0.511. The zero-order valence-electron chi connectivity index (χ0n) is 4.32. The molecule has 0 saturated carbocycles. The molecule has 1 N–H and O–H groups in total. The molecular formula is C5H3BrFNS. The molecule has 0 saturated heterocycles. The lowest BCUT2D eigenvalue weighted by atomic mass is 10.5. The topological polar surface area (TPSA) is 15.8 Å². The lowest BCUT2D eigenvalue weighted by Gasteiger charge is -1.89. The van der Waals surface area contributed by atoms with Crippen LogP contribution < -0.4 is 0 Å². The second-order valence-corrected chi connectivity index (χ2v) is 2.84. The van der Waals surface area contributed by atoms with Crippen LogP contribution in [0.5, 0.6) is 0 Å². The van der Waals surface area contributed by atoms with Crippen LogP contribution in [-0.2, 0) is 0 Å². The third kappa shape index (κ3) is 1.87. The molecule has 9 heavy (non-hydrogen) atoms. The molecule has 1 aromatic rings. The number of nitrogens with one attached hydrogen (secondary N) is 1. The minimum atomic E-state index is -0.422. The van der Waals surface area contributed by atoms with Crippen LogP contribution in [0.1, 0.15) is 0 Å². The highest BCUT2D eigenvalue weighted by molar-refractivity contribution is 9.10. The van der Waals surface area contributed by atoms with Crippen molar-refractivity contribution in [1.82, 2.24) is 4.98 Å². The van der Waals surface area contributed by atoms with Crippen molar-refractivity contribution >= 4 is 28.1 Å². The van der Waals surface area contributed by atoms with E-state index >= 15 is 0 Å². The standard InChI is InChI=1S/C5H3BrFNS/c6-4-1-3(9)2-5(7)8-4/h1-2H,(H,8,9). The van der Waals surface area contributed by atoms with Gasteiger partial charge < -0.3 is 4.98 Å². The predicted molar refractivity (Wildman–Crippen MR) is 39.3 cm³/mol. The van der Waals surface area contributed by atoms with E-state index in [2.05, 4.69) is 20.9 Å². The second kappa shape index (κ2) is 2.58. The van der Waals surface area contributed by atoms with Gasteiger partial charge in [-0.1, -0.05) is 12.2 Å². The molecule has 0 unspecified atom stereocenters. The molecule has 0 aliphatic heterocycles. The van der Waals surface area contributed by atoms with Crippen LogP contribution in [0, 0.1) is 10.5 Å². The van der Waals surface area contributed by atoms with Crippen molar-refractivity contribution in [3.8, 4) is 0 Å². The molecular weight excluding hydrogens is 205 g/mol. The SMILES string of the molecule is Fc1cc(=S)cc(Br)[nH]1. The minimum absolute atomic E-state index is 0.422.